The maximum atomic E-state index is 13.9. The number of carboxylic acid groups (broad SMARTS) is 1. The lowest BCUT2D eigenvalue weighted by Crippen LogP contribution is -2.28. The summed E-state index contributed by atoms with van der Waals surface area (Å²) in [4.78, 5) is 11.4. The molecule has 1 atom stereocenters. The van der Waals surface area contributed by atoms with Crippen molar-refractivity contribution in [2.45, 2.75) is 25.3 Å². The van der Waals surface area contributed by atoms with Crippen LogP contribution in [0.2, 0.25) is 0 Å². The molecule has 5 heteroatoms. The summed E-state index contributed by atoms with van der Waals surface area (Å²) >= 11 is 0. The second-order valence-electron chi connectivity index (χ2n) is 6.08. The minimum Gasteiger partial charge on any atom is -0.477 e. The highest BCUT2D eigenvalue weighted by Crippen LogP contribution is 2.25. The van der Waals surface area contributed by atoms with Crippen LogP contribution < -0.4 is 5.32 Å². The van der Waals surface area contributed by atoms with Crippen LogP contribution in [0.5, 0.6) is 0 Å². The van der Waals surface area contributed by atoms with E-state index in [-0.39, 0.29) is 11.3 Å². The number of anilines is 1. The van der Waals surface area contributed by atoms with Crippen LogP contribution in [0.1, 0.15) is 18.4 Å². The number of rotatable bonds is 6. The van der Waals surface area contributed by atoms with Crippen LogP contribution in [0.25, 0.3) is 0 Å². The minimum absolute atomic E-state index is 0.0165. The summed E-state index contributed by atoms with van der Waals surface area (Å²) in [5.74, 6) is -2.59. The van der Waals surface area contributed by atoms with Gasteiger partial charge in [-0.2, -0.15) is 0 Å². The number of hydrogen-bond donors (Lipinski definition) is 2. The molecule has 132 valence electrons. The van der Waals surface area contributed by atoms with Gasteiger partial charge in [0.05, 0.1) is 11.7 Å². The normalized spacial score (nSPS) is 16.0. The lowest BCUT2D eigenvalue weighted by Gasteiger charge is -2.22. The molecule has 0 aliphatic heterocycles. The molecular formula is C21H17F2NO2. The summed E-state index contributed by atoms with van der Waals surface area (Å²) in [5.41, 5.74) is 7.70. The summed E-state index contributed by atoms with van der Waals surface area (Å²) in [5, 5.41) is 12.2. The number of aryl methyl sites for hydroxylation is 1. The Morgan fingerprint density at radius 2 is 1.88 bits per heavy atom. The van der Waals surface area contributed by atoms with Gasteiger partial charge < -0.3 is 10.4 Å². The van der Waals surface area contributed by atoms with Gasteiger partial charge in [-0.1, -0.05) is 41.8 Å². The number of hydrogen-bond acceptors (Lipinski definition) is 2. The van der Waals surface area contributed by atoms with Gasteiger partial charge >= 0.3 is 5.97 Å². The first kappa shape index (κ1) is 17.7. The van der Waals surface area contributed by atoms with E-state index in [1.165, 1.54) is 11.6 Å². The highest BCUT2D eigenvalue weighted by molar-refractivity contribution is 5.89. The highest BCUT2D eigenvalue weighted by atomic mass is 19.1. The zero-order chi connectivity index (χ0) is 18.5. The Bertz CT molecular complexity index is 924. The van der Waals surface area contributed by atoms with Gasteiger partial charge in [0, 0.05) is 12.5 Å². The van der Waals surface area contributed by atoms with Gasteiger partial charge in [-0.05, 0) is 36.1 Å². The quantitative estimate of drug-likeness (QED) is 0.753. The van der Waals surface area contributed by atoms with Gasteiger partial charge in [-0.3, -0.25) is 0 Å². The number of halogens is 2. The van der Waals surface area contributed by atoms with Crippen LogP contribution in [0.15, 0.2) is 71.1 Å². The van der Waals surface area contributed by atoms with Crippen molar-refractivity contribution in [3.8, 4) is 0 Å². The standard InChI is InChI=1S/C21H17F2NO2/c22-16-9-11-19(18(23)13-16)24-20-12-15(8-10-17(20)21(25)26)7-6-14-4-2-1-3-5-14/h1-5,9,11,13,20,24H,6-7,12H2,(H,25,26). The van der Waals surface area contributed by atoms with Gasteiger partial charge in [0.1, 0.15) is 17.2 Å². The third kappa shape index (κ3) is 4.28. The van der Waals surface area contributed by atoms with E-state index in [0.717, 1.165) is 24.1 Å². The summed E-state index contributed by atoms with van der Waals surface area (Å²) in [7, 11) is 0. The number of carbonyl (C=O) groups is 1. The summed E-state index contributed by atoms with van der Waals surface area (Å²) in [6.45, 7) is 0. The number of nitrogens with one attached hydrogen (secondary N) is 1. The van der Waals surface area contributed by atoms with Crippen molar-refractivity contribution >= 4 is 11.7 Å². The maximum absolute atomic E-state index is 13.9. The van der Waals surface area contributed by atoms with Crippen LogP contribution >= 0.6 is 0 Å². The molecule has 2 aromatic carbocycles. The highest BCUT2D eigenvalue weighted by Gasteiger charge is 2.25. The Hall–Kier alpha value is -3.13. The molecule has 0 bridgehead atoms. The number of benzene rings is 2. The fourth-order valence-corrected chi connectivity index (χ4v) is 2.87. The molecular weight excluding hydrogens is 336 g/mol. The Labute approximate surface area is 150 Å². The van der Waals surface area contributed by atoms with E-state index in [2.05, 4.69) is 16.8 Å². The summed E-state index contributed by atoms with van der Waals surface area (Å²) < 4.78 is 27.0. The smallest absolute Gasteiger partial charge is 0.342 e. The molecule has 0 radical (unpaired) electrons. The predicted octanol–water partition coefficient (Wildman–Crippen LogP) is 4.47. The van der Waals surface area contributed by atoms with Crippen molar-refractivity contribution in [3.63, 3.8) is 0 Å². The van der Waals surface area contributed by atoms with Crippen molar-refractivity contribution in [1.29, 1.82) is 0 Å². The lowest BCUT2D eigenvalue weighted by molar-refractivity contribution is -0.132. The molecule has 3 nitrogen and oxygen atoms in total. The van der Waals surface area contributed by atoms with Gasteiger partial charge in [0.25, 0.3) is 0 Å². The largest absolute Gasteiger partial charge is 0.477 e. The van der Waals surface area contributed by atoms with Crippen molar-refractivity contribution in [2.75, 3.05) is 5.32 Å². The van der Waals surface area contributed by atoms with E-state index < -0.39 is 23.6 Å². The van der Waals surface area contributed by atoms with E-state index in [1.54, 1.807) is 0 Å². The molecule has 2 aromatic rings. The third-order valence-corrected chi connectivity index (χ3v) is 4.22. The molecule has 0 saturated carbocycles. The average molecular weight is 353 g/mol. The van der Waals surface area contributed by atoms with Gasteiger partial charge in [-0.15, -0.1) is 0 Å². The van der Waals surface area contributed by atoms with Crippen molar-refractivity contribution < 1.29 is 18.7 Å². The zero-order valence-electron chi connectivity index (χ0n) is 13.9. The molecule has 0 amide bonds. The first-order valence-corrected chi connectivity index (χ1v) is 8.25. The van der Waals surface area contributed by atoms with Gasteiger partial charge in [0.15, 0.2) is 0 Å². The Morgan fingerprint density at radius 1 is 1.12 bits per heavy atom. The van der Waals surface area contributed by atoms with Crippen LogP contribution in [0, 0.1) is 11.6 Å². The summed E-state index contributed by atoms with van der Waals surface area (Å²) in [6, 6.07) is 12.4. The first-order chi connectivity index (χ1) is 12.5. The zero-order valence-corrected chi connectivity index (χ0v) is 13.9. The first-order valence-electron chi connectivity index (χ1n) is 8.25. The fraction of sp³-hybridized carbons (Fsp3) is 0.190. The van der Waals surface area contributed by atoms with Crippen LogP contribution in [0.3, 0.4) is 0 Å². The Balaban J connectivity index is 1.77. The SMILES string of the molecule is O=C(O)C1=C=C=C(CCc2ccccc2)CC1Nc1ccc(F)cc1F. The molecule has 2 N–H and O–H groups in total. The third-order valence-electron chi connectivity index (χ3n) is 4.22. The summed E-state index contributed by atoms with van der Waals surface area (Å²) in [6.07, 6.45) is 1.87. The second-order valence-corrected chi connectivity index (χ2v) is 6.08. The molecule has 26 heavy (non-hydrogen) atoms. The molecule has 1 aliphatic rings. The van der Waals surface area contributed by atoms with Gasteiger partial charge in [-0.25, -0.2) is 13.6 Å². The lowest BCUT2D eigenvalue weighted by atomic mass is 9.92. The van der Waals surface area contributed by atoms with Crippen LogP contribution in [0.4, 0.5) is 14.5 Å². The van der Waals surface area contributed by atoms with Crippen molar-refractivity contribution in [1.82, 2.24) is 0 Å². The molecule has 0 saturated heterocycles. The van der Waals surface area contributed by atoms with E-state index in [0.29, 0.717) is 12.8 Å². The number of aliphatic carboxylic acids is 1. The minimum atomic E-state index is -1.14. The van der Waals surface area contributed by atoms with Gasteiger partial charge in [0.2, 0.25) is 0 Å². The monoisotopic (exact) mass is 353 g/mol. The number of carboxylic acids is 1. The molecule has 1 aliphatic carbocycles. The van der Waals surface area contributed by atoms with E-state index >= 15 is 0 Å². The molecule has 3 rings (SSSR count). The Morgan fingerprint density at radius 3 is 2.58 bits per heavy atom. The molecule has 1 unspecified atom stereocenters. The molecule has 0 heterocycles. The van der Waals surface area contributed by atoms with E-state index in [1.807, 2.05) is 30.3 Å². The molecule has 0 aromatic heterocycles. The fourth-order valence-electron chi connectivity index (χ4n) is 2.87. The van der Waals surface area contributed by atoms with E-state index in [9.17, 15) is 18.7 Å². The second kappa shape index (κ2) is 7.83. The van der Waals surface area contributed by atoms with Crippen LogP contribution in [-0.4, -0.2) is 17.1 Å². The predicted molar refractivity (Wildman–Crippen MR) is 94.8 cm³/mol. The molecule has 0 fully saturated rings. The maximum Gasteiger partial charge on any atom is 0.342 e. The topological polar surface area (TPSA) is 49.3 Å². The van der Waals surface area contributed by atoms with Crippen molar-refractivity contribution in [2.24, 2.45) is 0 Å². The Kier molecular flexibility index (Phi) is 5.33. The average Bonchev–Trinajstić information content (AvgIpc) is 2.63. The molecule has 0 spiro atoms. The van der Waals surface area contributed by atoms with E-state index in [4.69, 9.17) is 0 Å². The van der Waals surface area contributed by atoms with Crippen molar-refractivity contribution in [3.05, 3.63) is 88.3 Å². The van der Waals surface area contributed by atoms with Crippen LogP contribution in [-0.2, 0) is 11.2 Å².